The monoisotopic (exact) mass is 252 g/mol. The molecule has 0 saturated carbocycles. The molecular weight excluding hydrogens is 244 g/mol. The zero-order chi connectivity index (χ0) is 10.9. The molecule has 0 aliphatic rings. The molecule has 0 saturated heterocycles. The molecule has 11 heteroatoms. The van der Waals surface area contributed by atoms with Gasteiger partial charge in [0.05, 0.1) is 0 Å². The predicted octanol–water partition coefficient (Wildman–Crippen LogP) is -3.11. The van der Waals surface area contributed by atoms with Crippen molar-refractivity contribution in [2.45, 2.75) is 0 Å². The third kappa shape index (κ3) is 8.11. The average molecular weight is 252 g/mol. The summed E-state index contributed by atoms with van der Waals surface area (Å²) in [5.74, 6) is 0. The summed E-state index contributed by atoms with van der Waals surface area (Å²) in [6.45, 7) is 0. The van der Waals surface area contributed by atoms with Crippen molar-refractivity contribution in [1.82, 2.24) is 0 Å². The van der Waals surface area contributed by atoms with Crippen LogP contribution in [0.2, 0.25) is 0 Å². The first-order valence-corrected chi connectivity index (χ1v) is 7.88. The molecule has 0 spiro atoms. The number of sulfonamides is 2. The highest BCUT2D eigenvalue weighted by Crippen LogP contribution is 1.96. The van der Waals surface area contributed by atoms with E-state index in [-0.39, 0.29) is 0 Å². The van der Waals surface area contributed by atoms with Gasteiger partial charge in [-0.15, -0.1) is 0 Å². The molecule has 0 aromatic rings. The molecule has 0 atom stereocenters. The first-order chi connectivity index (χ1) is 5.41. The van der Waals surface area contributed by atoms with E-state index in [1.165, 1.54) is 0 Å². The van der Waals surface area contributed by atoms with Gasteiger partial charge in [0.15, 0.2) is 20.0 Å². The van der Waals surface area contributed by atoms with Crippen molar-refractivity contribution in [2.75, 3.05) is 10.2 Å². The third-order valence-electron chi connectivity index (χ3n) is 0.688. The van der Waals surface area contributed by atoms with E-state index in [0.717, 1.165) is 0 Å². The zero-order valence-electron chi connectivity index (χ0n) is 6.24. The molecule has 0 unspecified atom stereocenters. The van der Waals surface area contributed by atoms with E-state index in [4.69, 9.17) is 0 Å². The van der Waals surface area contributed by atoms with E-state index in [0.29, 0.717) is 0 Å². The summed E-state index contributed by atoms with van der Waals surface area (Å²) in [5, 5.41) is 5.93. The Bertz CT molecular complexity index is 428. The first kappa shape index (κ1) is 12.8. The molecule has 0 aliphatic carbocycles. The van der Waals surface area contributed by atoms with E-state index >= 15 is 0 Å². The summed E-state index contributed by atoms with van der Waals surface area (Å²) < 4.78 is 62.7. The molecule has 0 bridgehead atoms. The Hall–Kier alpha value is -0.230. The third-order valence-corrected chi connectivity index (χ3v) is 6.19. The molecule has 0 heterocycles. The summed E-state index contributed by atoms with van der Waals surface area (Å²) in [6, 6.07) is 0. The Morgan fingerprint density at radius 1 is 0.692 bits per heavy atom. The lowest BCUT2D eigenvalue weighted by molar-refractivity contribution is 0.588. The minimum Gasteiger partial charge on any atom is -0.228 e. The summed E-state index contributed by atoms with van der Waals surface area (Å²) in [6.07, 6.45) is 0. The van der Waals surface area contributed by atoms with Crippen LogP contribution < -0.4 is 10.3 Å². The second-order valence-electron chi connectivity index (χ2n) is 2.30. The van der Waals surface area contributed by atoms with Crippen LogP contribution in [0.4, 0.5) is 0 Å². The Morgan fingerprint density at radius 3 is 1.08 bits per heavy atom. The standard InChI is InChI=1S/C2H8N2O6S3/c3-12(7,8)1-11(5,6)2-13(4,9)10/h1-2H2,(H2,3,7,8)(H2,4,9,10). The zero-order valence-corrected chi connectivity index (χ0v) is 8.69. The van der Waals surface area contributed by atoms with Gasteiger partial charge < -0.3 is 0 Å². The molecule has 0 radical (unpaired) electrons. The van der Waals surface area contributed by atoms with Crippen molar-refractivity contribution in [3.05, 3.63) is 0 Å². The lowest BCUT2D eigenvalue weighted by atomic mass is 11.9. The molecule has 0 aromatic carbocycles. The van der Waals surface area contributed by atoms with Crippen LogP contribution in [0.5, 0.6) is 0 Å². The first-order valence-electron chi connectivity index (χ1n) is 2.63. The van der Waals surface area contributed by atoms with Crippen molar-refractivity contribution in [3.8, 4) is 0 Å². The molecule has 13 heavy (non-hydrogen) atoms. The maximum Gasteiger partial charge on any atom is 0.223 e. The van der Waals surface area contributed by atoms with E-state index in [1.54, 1.807) is 0 Å². The Labute approximate surface area is 75.9 Å². The normalized spacial score (nSPS) is 14.3. The molecule has 8 nitrogen and oxygen atoms in total. The summed E-state index contributed by atoms with van der Waals surface area (Å²) in [5.41, 5.74) is 0. The maximum absolute atomic E-state index is 10.7. The number of hydrogen-bond acceptors (Lipinski definition) is 6. The minimum absolute atomic E-state index is 1.43. The van der Waals surface area contributed by atoms with E-state index in [1.807, 2.05) is 0 Å². The van der Waals surface area contributed by atoms with Crippen LogP contribution in [0.15, 0.2) is 0 Å². The van der Waals surface area contributed by atoms with Crippen molar-refractivity contribution in [2.24, 2.45) is 10.3 Å². The lowest BCUT2D eigenvalue weighted by Crippen LogP contribution is -2.30. The quantitative estimate of drug-likeness (QED) is 0.539. The fourth-order valence-electron chi connectivity index (χ4n) is 0.535. The second kappa shape index (κ2) is 3.49. The van der Waals surface area contributed by atoms with Gasteiger partial charge in [-0.2, -0.15) is 0 Å². The molecule has 0 aliphatic heterocycles. The highest BCUT2D eigenvalue weighted by atomic mass is 32.3. The van der Waals surface area contributed by atoms with Crippen molar-refractivity contribution in [3.63, 3.8) is 0 Å². The lowest BCUT2D eigenvalue weighted by Gasteiger charge is -1.99. The molecule has 80 valence electrons. The number of rotatable bonds is 4. The van der Waals surface area contributed by atoms with E-state index in [9.17, 15) is 25.3 Å². The van der Waals surface area contributed by atoms with E-state index < -0.39 is 40.1 Å². The van der Waals surface area contributed by atoms with Crippen LogP contribution in [0.1, 0.15) is 0 Å². The molecular formula is C2H8N2O6S3. The minimum atomic E-state index is -4.32. The van der Waals surface area contributed by atoms with Crippen LogP contribution in [0.25, 0.3) is 0 Å². The van der Waals surface area contributed by atoms with Gasteiger partial charge >= 0.3 is 0 Å². The molecule has 0 rings (SSSR count). The molecule has 0 aromatic heterocycles. The highest BCUT2D eigenvalue weighted by molar-refractivity contribution is 8.13. The van der Waals surface area contributed by atoms with E-state index in [2.05, 4.69) is 10.3 Å². The van der Waals surface area contributed by atoms with Gasteiger partial charge in [0, 0.05) is 0 Å². The van der Waals surface area contributed by atoms with Crippen molar-refractivity contribution < 1.29 is 25.3 Å². The molecule has 0 amide bonds. The Kier molecular flexibility index (Phi) is 3.43. The van der Waals surface area contributed by atoms with Gasteiger partial charge in [-0.05, 0) is 0 Å². The highest BCUT2D eigenvalue weighted by Gasteiger charge is 2.23. The SMILES string of the molecule is NS(=O)(=O)CS(=O)(=O)CS(N)(=O)=O. The fourth-order valence-corrected chi connectivity index (χ4v) is 5.42. The Balaban J connectivity index is 4.86. The second-order valence-corrected chi connectivity index (χ2v) is 8.33. The van der Waals surface area contributed by atoms with Gasteiger partial charge in [0.25, 0.3) is 0 Å². The number of nitrogens with two attached hydrogens (primary N) is 2. The topological polar surface area (TPSA) is 154 Å². The number of sulfone groups is 1. The van der Waals surface area contributed by atoms with Crippen molar-refractivity contribution >= 4 is 29.9 Å². The van der Waals surface area contributed by atoms with Crippen molar-refractivity contribution in [1.29, 1.82) is 0 Å². The Morgan fingerprint density at radius 2 is 0.923 bits per heavy atom. The average Bonchev–Trinajstić information content (AvgIpc) is 1.43. The number of hydrogen-bond donors (Lipinski definition) is 2. The smallest absolute Gasteiger partial charge is 0.223 e. The van der Waals surface area contributed by atoms with Crippen LogP contribution in [0.3, 0.4) is 0 Å². The summed E-state index contributed by atoms with van der Waals surface area (Å²) in [4.78, 5) is 0. The summed E-state index contributed by atoms with van der Waals surface area (Å²) >= 11 is 0. The van der Waals surface area contributed by atoms with Gasteiger partial charge in [0.1, 0.15) is 0 Å². The van der Waals surface area contributed by atoms with Crippen LogP contribution in [-0.4, -0.2) is 35.4 Å². The van der Waals surface area contributed by atoms with Gasteiger partial charge in [0.2, 0.25) is 20.0 Å². The maximum atomic E-state index is 10.7. The van der Waals surface area contributed by atoms with Crippen LogP contribution in [0, 0.1) is 0 Å². The fraction of sp³-hybridized carbons (Fsp3) is 1.00. The summed E-state index contributed by atoms with van der Waals surface area (Å²) in [7, 11) is -12.8. The largest absolute Gasteiger partial charge is 0.228 e. The predicted molar refractivity (Wildman–Crippen MR) is 44.9 cm³/mol. The number of primary sulfonamides is 2. The van der Waals surface area contributed by atoms with Gasteiger partial charge in [-0.25, -0.2) is 35.5 Å². The molecule has 4 N–H and O–H groups in total. The molecule has 0 fully saturated rings. The van der Waals surface area contributed by atoms with Crippen LogP contribution >= 0.6 is 0 Å². The van der Waals surface area contributed by atoms with Gasteiger partial charge in [-0.3, -0.25) is 0 Å². The van der Waals surface area contributed by atoms with Gasteiger partial charge in [-0.1, -0.05) is 0 Å². The van der Waals surface area contributed by atoms with Crippen LogP contribution in [-0.2, 0) is 29.9 Å².